The first-order chi connectivity index (χ1) is 6.21. The predicted octanol–water partition coefficient (Wildman–Crippen LogP) is 0.960. The Balaban J connectivity index is 2.20. The van der Waals surface area contributed by atoms with Gasteiger partial charge in [0.1, 0.15) is 0 Å². The van der Waals surface area contributed by atoms with Gasteiger partial charge in [-0.05, 0) is 26.4 Å². The van der Waals surface area contributed by atoms with E-state index in [1.807, 2.05) is 11.9 Å². The number of halogens is 1. The highest BCUT2D eigenvalue weighted by atomic mass is 19.1. The zero-order chi connectivity index (χ0) is 9.31. The largest absolute Gasteiger partial charge is 0.336 e. The van der Waals surface area contributed by atoms with Gasteiger partial charge >= 0.3 is 0 Å². The summed E-state index contributed by atoms with van der Waals surface area (Å²) in [6.45, 7) is 1.27. The van der Waals surface area contributed by atoms with Gasteiger partial charge in [-0.1, -0.05) is 5.16 Å². The molecular weight excluding hydrogens is 173 g/mol. The summed E-state index contributed by atoms with van der Waals surface area (Å²) in [6, 6.07) is 0. The van der Waals surface area contributed by atoms with Crippen molar-refractivity contribution in [3.05, 3.63) is 12.2 Å². The van der Waals surface area contributed by atoms with Crippen LogP contribution in [0.15, 0.2) is 10.9 Å². The molecule has 1 aromatic rings. The van der Waals surface area contributed by atoms with Crippen LogP contribution in [-0.4, -0.2) is 35.2 Å². The van der Waals surface area contributed by atoms with Gasteiger partial charge in [-0.25, -0.2) is 4.39 Å². The molecular formula is C8H12FN3O. The molecule has 2 heterocycles. The van der Waals surface area contributed by atoms with E-state index in [4.69, 9.17) is 4.52 Å². The summed E-state index contributed by atoms with van der Waals surface area (Å²) in [5.41, 5.74) is -1.44. The van der Waals surface area contributed by atoms with Crippen molar-refractivity contribution in [3.63, 3.8) is 0 Å². The van der Waals surface area contributed by atoms with Crippen molar-refractivity contribution in [1.29, 1.82) is 0 Å². The second-order valence-corrected chi connectivity index (χ2v) is 3.55. The highest BCUT2D eigenvalue weighted by Gasteiger charge is 2.40. The quantitative estimate of drug-likeness (QED) is 0.653. The van der Waals surface area contributed by atoms with Crippen LogP contribution >= 0.6 is 0 Å². The van der Waals surface area contributed by atoms with Crippen molar-refractivity contribution in [2.75, 3.05) is 20.1 Å². The van der Waals surface area contributed by atoms with Crippen LogP contribution in [0.5, 0.6) is 0 Å². The summed E-state index contributed by atoms with van der Waals surface area (Å²) >= 11 is 0. The van der Waals surface area contributed by atoms with Gasteiger partial charge in [-0.2, -0.15) is 4.98 Å². The van der Waals surface area contributed by atoms with E-state index in [2.05, 4.69) is 10.1 Å². The molecule has 1 saturated heterocycles. The summed E-state index contributed by atoms with van der Waals surface area (Å²) in [5, 5.41) is 3.42. The average Bonchev–Trinajstić information content (AvgIpc) is 2.55. The van der Waals surface area contributed by atoms with Crippen molar-refractivity contribution >= 4 is 0 Å². The third-order valence-corrected chi connectivity index (χ3v) is 2.38. The molecule has 0 spiro atoms. The maximum atomic E-state index is 14.2. The molecule has 0 aliphatic carbocycles. The average molecular weight is 185 g/mol. The Morgan fingerprint density at radius 2 is 2.54 bits per heavy atom. The maximum absolute atomic E-state index is 14.2. The lowest BCUT2D eigenvalue weighted by Gasteiger charge is -2.32. The zero-order valence-electron chi connectivity index (χ0n) is 7.53. The minimum absolute atomic E-state index is 0.110. The molecule has 2 rings (SSSR count). The first-order valence-corrected chi connectivity index (χ1v) is 4.35. The second kappa shape index (κ2) is 3.06. The van der Waals surface area contributed by atoms with E-state index >= 15 is 0 Å². The number of nitrogens with zero attached hydrogens (tertiary/aromatic N) is 3. The van der Waals surface area contributed by atoms with Crippen molar-refractivity contribution in [1.82, 2.24) is 15.0 Å². The van der Waals surface area contributed by atoms with Crippen LogP contribution in [0.1, 0.15) is 18.7 Å². The van der Waals surface area contributed by atoms with E-state index in [1.165, 1.54) is 6.33 Å². The first kappa shape index (κ1) is 8.62. The summed E-state index contributed by atoms with van der Waals surface area (Å²) in [7, 11) is 1.89. The predicted molar refractivity (Wildman–Crippen MR) is 43.8 cm³/mol. The molecule has 5 heteroatoms. The fourth-order valence-electron chi connectivity index (χ4n) is 1.76. The molecule has 1 aliphatic rings. The number of alkyl halides is 1. The van der Waals surface area contributed by atoms with Crippen LogP contribution in [0.4, 0.5) is 4.39 Å². The van der Waals surface area contributed by atoms with Gasteiger partial charge in [-0.3, -0.25) is 0 Å². The third-order valence-electron chi connectivity index (χ3n) is 2.38. The second-order valence-electron chi connectivity index (χ2n) is 3.55. The van der Waals surface area contributed by atoms with Gasteiger partial charge in [0.25, 0.3) is 5.89 Å². The van der Waals surface area contributed by atoms with Crippen molar-refractivity contribution in [2.24, 2.45) is 0 Å². The Morgan fingerprint density at radius 3 is 3.15 bits per heavy atom. The molecule has 0 bridgehead atoms. The Kier molecular flexibility index (Phi) is 2.03. The van der Waals surface area contributed by atoms with E-state index in [1.54, 1.807) is 0 Å². The van der Waals surface area contributed by atoms with Crippen molar-refractivity contribution in [2.45, 2.75) is 18.5 Å². The lowest BCUT2D eigenvalue weighted by Crippen LogP contribution is -2.41. The minimum Gasteiger partial charge on any atom is -0.336 e. The number of aromatic nitrogens is 2. The number of piperidine rings is 1. The van der Waals surface area contributed by atoms with E-state index in [0.29, 0.717) is 13.0 Å². The van der Waals surface area contributed by atoms with E-state index in [9.17, 15) is 4.39 Å². The Bertz CT molecular complexity index is 277. The fraction of sp³-hybridized carbons (Fsp3) is 0.750. The number of likely N-dealkylation sites (tertiary alicyclic amines) is 1. The van der Waals surface area contributed by atoms with Gasteiger partial charge in [0.05, 0.1) is 0 Å². The Labute approximate surface area is 75.7 Å². The van der Waals surface area contributed by atoms with Gasteiger partial charge in [0.15, 0.2) is 6.33 Å². The minimum atomic E-state index is -1.44. The van der Waals surface area contributed by atoms with Gasteiger partial charge in [0, 0.05) is 6.54 Å². The lowest BCUT2D eigenvalue weighted by atomic mass is 9.95. The van der Waals surface area contributed by atoms with Crippen LogP contribution in [0.2, 0.25) is 0 Å². The molecule has 0 N–H and O–H groups in total. The Morgan fingerprint density at radius 1 is 1.69 bits per heavy atom. The molecule has 13 heavy (non-hydrogen) atoms. The third kappa shape index (κ3) is 1.56. The molecule has 0 aromatic carbocycles. The molecule has 0 amide bonds. The van der Waals surface area contributed by atoms with Crippen LogP contribution in [0.3, 0.4) is 0 Å². The summed E-state index contributed by atoms with van der Waals surface area (Å²) in [5.74, 6) is 0.110. The fourth-order valence-corrected chi connectivity index (χ4v) is 1.76. The molecule has 1 unspecified atom stereocenters. The molecule has 0 saturated carbocycles. The molecule has 1 atom stereocenters. The smallest absolute Gasteiger partial charge is 0.265 e. The van der Waals surface area contributed by atoms with E-state index < -0.39 is 5.67 Å². The van der Waals surface area contributed by atoms with E-state index in [0.717, 1.165) is 13.0 Å². The molecule has 1 aromatic heterocycles. The van der Waals surface area contributed by atoms with Crippen LogP contribution in [0, 0.1) is 0 Å². The van der Waals surface area contributed by atoms with Crippen LogP contribution < -0.4 is 0 Å². The standard InChI is InChI=1S/C8H12FN3O/c1-12-4-2-3-8(9,5-12)7-10-6-11-13-7/h6H,2-5H2,1H3. The van der Waals surface area contributed by atoms with Crippen molar-refractivity contribution in [3.8, 4) is 0 Å². The zero-order valence-corrected chi connectivity index (χ0v) is 7.53. The highest BCUT2D eigenvalue weighted by Crippen LogP contribution is 2.33. The normalized spacial score (nSPS) is 30.6. The SMILES string of the molecule is CN1CCCC(F)(c2ncno2)C1. The van der Waals surface area contributed by atoms with E-state index in [-0.39, 0.29) is 5.89 Å². The van der Waals surface area contributed by atoms with Crippen LogP contribution in [0.25, 0.3) is 0 Å². The Hall–Kier alpha value is -0.970. The topological polar surface area (TPSA) is 42.2 Å². The molecule has 72 valence electrons. The molecule has 0 radical (unpaired) electrons. The van der Waals surface area contributed by atoms with Gasteiger partial charge < -0.3 is 9.42 Å². The number of likely N-dealkylation sites (N-methyl/N-ethyl adjacent to an activating group) is 1. The van der Waals surface area contributed by atoms with Gasteiger partial charge in [-0.15, -0.1) is 0 Å². The van der Waals surface area contributed by atoms with Crippen molar-refractivity contribution < 1.29 is 8.91 Å². The summed E-state index contributed by atoms with van der Waals surface area (Å²) in [4.78, 5) is 5.70. The number of hydrogen-bond acceptors (Lipinski definition) is 4. The highest BCUT2D eigenvalue weighted by molar-refractivity contribution is 4.99. The molecule has 4 nitrogen and oxygen atoms in total. The summed E-state index contributed by atoms with van der Waals surface area (Å²) in [6.07, 6.45) is 2.54. The molecule has 1 aliphatic heterocycles. The first-order valence-electron chi connectivity index (χ1n) is 4.35. The summed E-state index contributed by atoms with van der Waals surface area (Å²) < 4.78 is 18.9. The maximum Gasteiger partial charge on any atom is 0.265 e. The molecule has 1 fully saturated rings. The van der Waals surface area contributed by atoms with Crippen LogP contribution in [-0.2, 0) is 5.67 Å². The lowest BCUT2D eigenvalue weighted by molar-refractivity contribution is 0.0267. The van der Waals surface area contributed by atoms with Gasteiger partial charge in [0.2, 0.25) is 5.67 Å². The number of hydrogen-bond donors (Lipinski definition) is 0. The monoisotopic (exact) mass is 185 g/mol. The number of rotatable bonds is 1.